The molecule has 3 aromatic rings. The van der Waals surface area contributed by atoms with Crippen LogP contribution in [-0.2, 0) is 4.79 Å². The van der Waals surface area contributed by atoms with Gasteiger partial charge in [0.2, 0.25) is 5.95 Å². The lowest BCUT2D eigenvalue weighted by Gasteiger charge is -2.32. The summed E-state index contributed by atoms with van der Waals surface area (Å²) < 4.78 is 0. The number of aryl methyl sites for hydroxylation is 1. The minimum absolute atomic E-state index is 0.315. The van der Waals surface area contributed by atoms with Crippen LogP contribution in [0.4, 0.5) is 23.1 Å². The number of carbonyl (C=O) groups is 1. The Morgan fingerprint density at radius 1 is 1.11 bits per heavy atom. The van der Waals surface area contributed by atoms with Crippen molar-refractivity contribution in [1.82, 2.24) is 30.2 Å². The van der Waals surface area contributed by atoms with E-state index in [1.807, 2.05) is 45.9 Å². The number of allylic oxidation sites excluding steroid dienone is 1. The molecule has 0 unspecified atom stereocenters. The van der Waals surface area contributed by atoms with Gasteiger partial charge in [0.15, 0.2) is 5.82 Å². The molecule has 2 aromatic heterocycles. The molecule has 4 rings (SSSR count). The first kappa shape index (κ1) is 26.9. The van der Waals surface area contributed by atoms with Crippen molar-refractivity contribution >= 4 is 45.8 Å². The Morgan fingerprint density at radius 2 is 1.84 bits per heavy atom. The molecule has 1 aliphatic heterocycles. The van der Waals surface area contributed by atoms with Crippen molar-refractivity contribution in [1.29, 1.82) is 5.41 Å². The topological polar surface area (TPSA) is 135 Å². The smallest absolute Gasteiger partial charge is 0.271 e. The first-order valence-electron chi connectivity index (χ1n) is 12.6. The Bertz CT molecular complexity index is 1370. The number of nitrogens with one attached hydrogen (secondary N) is 4. The van der Waals surface area contributed by atoms with Crippen LogP contribution in [0.5, 0.6) is 0 Å². The van der Waals surface area contributed by atoms with Crippen molar-refractivity contribution in [3.63, 3.8) is 0 Å². The summed E-state index contributed by atoms with van der Waals surface area (Å²) in [5, 5.41) is 17.5. The molecule has 11 heteroatoms. The van der Waals surface area contributed by atoms with E-state index in [0.717, 1.165) is 37.4 Å². The lowest BCUT2D eigenvalue weighted by Crippen LogP contribution is -2.45. The molecule has 0 atom stereocenters. The van der Waals surface area contributed by atoms with Crippen LogP contribution in [-0.4, -0.2) is 76.7 Å². The summed E-state index contributed by atoms with van der Waals surface area (Å²) in [6.45, 7) is 11.4. The van der Waals surface area contributed by atoms with Crippen LogP contribution in [0.1, 0.15) is 26.3 Å². The second kappa shape index (κ2) is 11.1. The fourth-order valence-corrected chi connectivity index (χ4v) is 3.87. The van der Waals surface area contributed by atoms with Crippen molar-refractivity contribution < 1.29 is 4.79 Å². The van der Waals surface area contributed by atoms with Gasteiger partial charge in [-0.25, -0.2) is 19.9 Å². The number of hydrogen-bond donors (Lipinski definition) is 4. The highest BCUT2D eigenvalue weighted by Gasteiger charge is 2.20. The zero-order valence-corrected chi connectivity index (χ0v) is 22.9. The number of likely N-dealkylation sites (N-methyl/N-ethyl adjacent to an activating group) is 2. The molecule has 11 nitrogen and oxygen atoms in total. The summed E-state index contributed by atoms with van der Waals surface area (Å²) in [5.74, 6) is 0.899. The lowest BCUT2D eigenvalue weighted by atomic mass is 9.89. The molecule has 1 fully saturated rings. The summed E-state index contributed by atoms with van der Waals surface area (Å²) in [7, 11) is 3.78. The van der Waals surface area contributed by atoms with Crippen molar-refractivity contribution in [2.75, 3.05) is 55.8 Å². The highest BCUT2D eigenvalue weighted by Crippen LogP contribution is 2.27. The van der Waals surface area contributed by atoms with Gasteiger partial charge >= 0.3 is 0 Å². The second-order valence-electron chi connectivity index (χ2n) is 10.5. The average molecular weight is 517 g/mol. The quantitative estimate of drug-likeness (QED) is 0.275. The van der Waals surface area contributed by atoms with Crippen LogP contribution in [0.15, 0.2) is 42.5 Å². The van der Waals surface area contributed by atoms with E-state index in [0.29, 0.717) is 39.9 Å². The van der Waals surface area contributed by atoms with Crippen LogP contribution in [0.25, 0.3) is 11.0 Å². The van der Waals surface area contributed by atoms with E-state index in [1.165, 1.54) is 6.33 Å². The van der Waals surface area contributed by atoms with Gasteiger partial charge in [-0.1, -0.05) is 26.8 Å². The molecule has 4 N–H and O–H groups in total. The van der Waals surface area contributed by atoms with Crippen LogP contribution < -0.4 is 20.9 Å². The molecule has 0 saturated carbocycles. The molecule has 1 amide bonds. The van der Waals surface area contributed by atoms with Gasteiger partial charge in [-0.05, 0) is 37.7 Å². The van der Waals surface area contributed by atoms with Gasteiger partial charge in [-0.3, -0.25) is 4.79 Å². The number of piperazine rings is 1. The normalized spacial score (nSPS) is 14.9. The number of anilines is 4. The maximum Gasteiger partial charge on any atom is 0.271 e. The minimum Gasteiger partial charge on any atom is -0.384 e. The average Bonchev–Trinajstić information content (AvgIpc) is 2.88. The van der Waals surface area contributed by atoms with E-state index in [-0.39, 0.29) is 11.3 Å². The van der Waals surface area contributed by atoms with E-state index in [2.05, 4.69) is 47.7 Å². The predicted molar refractivity (Wildman–Crippen MR) is 152 cm³/mol. The summed E-state index contributed by atoms with van der Waals surface area (Å²) in [6.07, 6.45) is 4.78. The SMILES string of the molecule is CN/C(=C\C(=N)C(C)(C)C)C(=O)Nc1ccc(C)c(Nc2ncnc3cnc(N4CCN(C)CC4)nc23)c1. The molecule has 3 heterocycles. The first-order chi connectivity index (χ1) is 18.0. The molecule has 38 heavy (non-hydrogen) atoms. The molecule has 200 valence electrons. The number of carbonyl (C=O) groups excluding carboxylic acids is 1. The van der Waals surface area contributed by atoms with Crippen molar-refractivity contribution in [3.8, 4) is 0 Å². The third kappa shape index (κ3) is 6.23. The number of fused-ring (bicyclic) bond motifs is 1. The van der Waals surface area contributed by atoms with E-state index in [1.54, 1.807) is 19.3 Å². The number of hydrogen-bond acceptors (Lipinski definition) is 10. The third-order valence-electron chi connectivity index (χ3n) is 6.51. The van der Waals surface area contributed by atoms with E-state index in [4.69, 9.17) is 10.4 Å². The molecular formula is C27H36N10O. The Balaban J connectivity index is 1.58. The summed E-state index contributed by atoms with van der Waals surface area (Å²) in [4.78, 5) is 35.5. The van der Waals surface area contributed by atoms with E-state index in [9.17, 15) is 4.79 Å². The first-order valence-corrected chi connectivity index (χ1v) is 12.6. The Hall–Kier alpha value is -4.12. The Morgan fingerprint density at radius 3 is 2.53 bits per heavy atom. The third-order valence-corrected chi connectivity index (χ3v) is 6.51. The molecular weight excluding hydrogens is 480 g/mol. The van der Waals surface area contributed by atoms with Crippen LogP contribution in [0, 0.1) is 17.7 Å². The monoisotopic (exact) mass is 516 g/mol. The molecule has 1 saturated heterocycles. The number of amides is 1. The number of nitrogens with zero attached hydrogens (tertiary/aromatic N) is 6. The van der Waals surface area contributed by atoms with Crippen molar-refractivity contribution in [2.45, 2.75) is 27.7 Å². The van der Waals surface area contributed by atoms with Gasteiger partial charge in [0.1, 0.15) is 23.1 Å². The fraction of sp³-hybridized carbons (Fsp3) is 0.407. The number of aromatic nitrogens is 4. The zero-order chi connectivity index (χ0) is 27.4. The Kier molecular flexibility index (Phi) is 7.86. The summed E-state index contributed by atoms with van der Waals surface area (Å²) in [5.41, 5.74) is 3.95. The molecule has 0 aliphatic carbocycles. The van der Waals surface area contributed by atoms with Crippen molar-refractivity contribution in [3.05, 3.63) is 48.1 Å². The van der Waals surface area contributed by atoms with Crippen molar-refractivity contribution in [2.24, 2.45) is 5.41 Å². The molecule has 0 radical (unpaired) electrons. The summed E-state index contributed by atoms with van der Waals surface area (Å²) >= 11 is 0. The van der Waals surface area contributed by atoms with Gasteiger partial charge < -0.3 is 31.2 Å². The van der Waals surface area contributed by atoms with Gasteiger partial charge in [-0.15, -0.1) is 0 Å². The van der Waals surface area contributed by atoms with E-state index >= 15 is 0 Å². The molecule has 0 bridgehead atoms. The minimum atomic E-state index is -0.364. The fourth-order valence-electron chi connectivity index (χ4n) is 3.87. The Labute approximate surface area is 223 Å². The van der Waals surface area contributed by atoms with Crippen LogP contribution in [0.2, 0.25) is 0 Å². The second-order valence-corrected chi connectivity index (χ2v) is 10.5. The number of rotatable bonds is 7. The van der Waals surface area contributed by atoms with E-state index < -0.39 is 0 Å². The largest absolute Gasteiger partial charge is 0.384 e. The molecule has 1 aromatic carbocycles. The van der Waals surface area contributed by atoms with Gasteiger partial charge in [0, 0.05) is 55.7 Å². The molecule has 1 aliphatic rings. The highest BCUT2D eigenvalue weighted by atomic mass is 16.2. The zero-order valence-electron chi connectivity index (χ0n) is 22.9. The maximum absolute atomic E-state index is 12.9. The van der Waals surface area contributed by atoms with Crippen LogP contribution in [0.3, 0.4) is 0 Å². The lowest BCUT2D eigenvalue weighted by molar-refractivity contribution is -0.113. The van der Waals surface area contributed by atoms with Gasteiger partial charge in [-0.2, -0.15) is 0 Å². The number of benzene rings is 1. The van der Waals surface area contributed by atoms with Crippen LogP contribution >= 0.6 is 0 Å². The van der Waals surface area contributed by atoms with Gasteiger partial charge in [0.25, 0.3) is 5.91 Å². The standard InChI is InChI=1S/C27H36N10O/c1-17-7-8-18(33-25(38)20(29-5)14-22(28)27(2,3)4)13-19(17)34-24-23-21(31-16-32-24)15-30-26(35-23)37-11-9-36(6)10-12-37/h7-8,13-16,28-29H,9-12H2,1-6H3,(H,33,38)(H,31,32,34)/b20-14-,28-22?. The molecule has 0 spiro atoms. The highest BCUT2D eigenvalue weighted by molar-refractivity contribution is 6.09. The van der Waals surface area contributed by atoms with Gasteiger partial charge in [0.05, 0.1) is 6.20 Å². The predicted octanol–water partition coefficient (Wildman–Crippen LogP) is 3.33. The maximum atomic E-state index is 12.9. The summed E-state index contributed by atoms with van der Waals surface area (Å²) in [6, 6.07) is 5.62.